The minimum absolute atomic E-state index is 0.321. The lowest BCUT2D eigenvalue weighted by Gasteiger charge is -1.97. The number of benzene rings is 1. The summed E-state index contributed by atoms with van der Waals surface area (Å²) in [6.45, 7) is 0. The first-order chi connectivity index (χ1) is 7.16. The molecule has 0 atom stereocenters. The summed E-state index contributed by atoms with van der Waals surface area (Å²) in [4.78, 5) is 22.6. The average Bonchev–Trinajstić information content (AvgIpc) is 2.49. The van der Waals surface area contributed by atoms with Crippen LogP contribution in [0.1, 0.15) is 5.56 Å². The van der Waals surface area contributed by atoms with E-state index < -0.39 is 0 Å². The predicted octanol–water partition coefficient (Wildman–Crippen LogP) is 2.77. The number of hydrogen-bond donors (Lipinski definition) is 1. The number of thioether (sulfide) groups is 1. The first-order valence-corrected chi connectivity index (χ1v) is 5.77. The molecule has 1 aromatic rings. The van der Waals surface area contributed by atoms with Crippen LogP contribution in [0.5, 0.6) is 0 Å². The third-order valence-corrected chi connectivity index (χ3v) is 3.37. The van der Waals surface area contributed by atoms with E-state index in [1.165, 1.54) is 0 Å². The van der Waals surface area contributed by atoms with E-state index in [9.17, 15) is 9.59 Å². The van der Waals surface area contributed by atoms with Gasteiger partial charge in [-0.05, 0) is 29.5 Å². The molecule has 0 aliphatic carbocycles. The Bertz CT molecular complexity index is 470. The van der Waals surface area contributed by atoms with Crippen LogP contribution < -0.4 is 5.32 Å². The van der Waals surface area contributed by atoms with Crippen LogP contribution in [0.25, 0.3) is 6.08 Å². The van der Waals surface area contributed by atoms with Gasteiger partial charge in [0.1, 0.15) is 0 Å². The van der Waals surface area contributed by atoms with Crippen LogP contribution in [-0.4, -0.2) is 11.1 Å². The number of carbonyl (C=O) groups excluding carboxylic acids is 2. The molecule has 1 saturated heterocycles. The van der Waals surface area contributed by atoms with E-state index in [-0.39, 0.29) is 11.1 Å². The van der Waals surface area contributed by atoms with Crippen molar-refractivity contribution in [1.82, 2.24) is 5.32 Å². The second-order valence-electron chi connectivity index (χ2n) is 2.87. The van der Waals surface area contributed by atoms with E-state index in [4.69, 9.17) is 0 Å². The quantitative estimate of drug-likeness (QED) is 0.807. The fourth-order valence-electron chi connectivity index (χ4n) is 1.15. The molecule has 2 amide bonds. The maximum absolute atomic E-state index is 11.3. The Morgan fingerprint density at radius 2 is 2.00 bits per heavy atom. The molecule has 76 valence electrons. The van der Waals surface area contributed by atoms with Crippen molar-refractivity contribution in [3.05, 3.63) is 39.2 Å². The topological polar surface area (TPSA) is 46.2 Å². The largest absolute Gasteiger partial charge is 0.290 e. The molecule has 1 N–H and O–H groups in total. The Morgan fingerprint density at radius 3 is 2.60 bits per heavy atom. The van der Waals surface area contributed by atoms with Crippen LogP contribution >= 0.6 is 27.7 Å². The monoisotopic (exact) mass is 283 g/mol. The van der Waals surface area contributed by atoms with Crippen molar-refractivity contribution in [3.63, 3.8) is 0 Å². The Balaban J connectivity index is 2.35. The molecule has 15 heavy (non-hydrogen) atoms. The van der Waals surface area contributed by atoms with Crippen LogP contribution in [0.3, 0.4) is 0 Å². The molecule has 0 bridgehead atoms. The third kappa shape index (κ3) is 2.30. The van der Waals surface area contributed by atoms with Gasteiger partial charge in [0.05, 0.1) is 4.91 Å². The first-order valence-electron chi connectivity index (χ1n) is 4.16. The summed E-state index contributed by atoms with van der Waals surface area (Å²) in [5.74, 6) is -0.333. The number of halogens is 1. The van der Waals surface area contributed by atoms with Crippen molar-refractivity contribution >= 4 is 44.9 Å². The molecule has 0 spiro atoms. The molecule has 2 rings (SSSR count). The van der Waals surface area contributed by atoms with Crippen molar-refractivity contribution < 1.29 is 9.59 Å². The van der Waals surface area contributed by atoms with E-state index in [0.717, 1.165) is 21.8 Å². The second-order valence-corrected chi connectivity index (χ2v) is 4.74. The van der Waals surface area contributed by atoms with Gasteiger partial charge in [0.2, 0.25) is 0 Å². The smallest absolute Gasteiger partial charge is 0.282 e. The molecule has 5 heteroatoms. The summed E-state index contributed by atoms with van der Waals surface area (Å²) >= 11 is 4.29. The summed E-state index contributed by atoms with van der Waals surface area (Å²) in [6, 6.07) is 7.51. The minimum atomic E-state index is -0.333. The molecule has 3 nitrogen and oxygen atoms in total. The fraction of sp³-hybridized carbons (Fsp3) is 0. The molecule has 1 heterocycles. The number of carbonyl (C=O) groups is 2. The molecule has 1 aromatic carbocycles. The van der Waals surface area contributed by atoms with Gasteiger partial charge in [0.15, 0.2) is 0 Å². The average molecular weight is 284 g/mol. The van der Waals surface area contributed by atoms with E-state index in [2.05, 4.69) is 21.2 Å². The summed E-state index contributed by atoms with van der Waals surface area (Å²) in [6.07, 6.45) is 1.69. The summed E-state index contributed by atoms with van der Waals surface area (Å²) in [7, 11) is 0. The lowest BCUT2D eigenvalue weighted by molar-refractivity contribution is -0.115. The van der Waals surface area contributed by atoms with Crippen LogP contribution in [0.15, 0.2) is 33.6 Å². The SMILES string of the molecule is O=C1NC(=O)C(=Cc2ccccc2Br)S1. The van der Waals surface area contributed by atoms with Gasteiger partial charge in [-0.2, -0.15) is 0 Å². The number of rotatable bonds is 1. The normalized spacial score (nSPS) is 18.3. The van der Waals surface area contributed by atoms with E-state index in [1.807, 2.05) is 24.3 Å². The minimum Gasteiger partial charge on any atom is -0.282 e. The van der Waals surface area contributed by atoms with Crippen LogP contribution in [0, 0.1) is 0 Å². The highest BCUT2D eigenvalue weighted by atomic mass is 79.9. The summed E-state index contributed by atoms with van der Waals surface area (Å²) in [5.41, 5.74) is 0.879. The van der Waals surface area contributed by atoms with Crippen molar-refractivity contribution in [2.24, 2.45) is 0 Å². The Hall–Kier alpha value is -1.07. The van der Waals surface area contributed by atoms with Gasteiger partial charge >= 0.3 is 0 Å². The zero-order valence-electron chi connectivity index (χ0n) is 7.49. The van der Waals surface area contributed by atoms with Crippen molar-refractivity contribution in [2.75, 3.05) is 0 Å². The highest BCUT2D eigenvalue weighted by Crippen LogP contribution is 2.27. The van der Waals surface area contributed by atoms with Gasteiger partial charge in [0, 0.05) is 4.47 Å². The van der Waals surface area contributed by atoms with Crippen LogP contribution in [0.2, 0.25) is 0 Å². The maximum atomic E-state index is 11.3. The lowest BCUT2D eigenvalue weighted by atomic mass is 10.2. The predicted molar refractivity (Wildman–Crippen MR) is 63.2 cm³/mol. The van der Waals surface area contributed by atoms with Crippen molar-refractivity contribution in [2.45, 2.75) is 0 Å². The summed E-state index contributed by atoms with van der Waals surface area (Å²) < 4.78 is 0.894. The number of nitrogens with one attached hydrogen (secondary N) is 1. The van der Waals surface area contributed by atoms with Gasteiger partial charge < -0.3 is 0 Å². The van der Waals surface area contributed by atoms with Gasteiger partial charge in [-0.15, -0.1) is 0 Å². The number of amides is 2. The fourth-order valence-corrected chi connectivity index (χ4v) is 2.23. The van der Waals surface area contributed by atoms with Crippen molar-refractivity contribution in [1.29, 1.82) is 0 Å². The molecule has 0 unspecified atom stereocenters. The molecule has 0 aromatic heterocycles. The second kappa shape index (κ2) is 4.20. The van der Waals surface area contributed by atoms with E-state index in [1.54, 1.807) is 6.08 Å². The Labute approximate surface area is 99.1 Å². The van der Waals surface area contributed by atoms with Gasteiger partial charge in [-0.25, -0.2) is 0 Å². The number of hydrogen-bond acceptors (Lipinski definition) is 3. The van der Waals surface area contributed by atoms with E-state index in [0.29, 0.717) is 4.91 Å². The van der Waals surface area contributed by atoms with Gasteiger partial charge in [-0.1, -0.05) is 34.1 Å². The molecule has 0 saturated carbocycles. The molecule has 1 fully saturated rings. The molecular weight excluding hydrogens is 278 g/mol. The summed E-state index contributed by atoms with van der Waals surface area (Å²) in [5, 5.41) is 1.89. The molecule has 1 aliphatic heterocycles. The van der Waals surface area contributed by atoms with Crippen LogP contribution in [-0.2, 0) is 4.79 Å². The standard InChI is InChI=1S/C10H6BrNO2S/c11-7-4-2-1-3-6(7)5-8-9(13)12-10(14)15-8/h1-5H,(H,12,13,14). The Kier molecular flexibility index (Phi) is 2.93. The zero-order valence-corrected chi connectivity index (χ0v) is 9.89. The first kappa shape index (κ1) is 10.4. The van der Waals surface area contributed by atoms with E-state index >= 15 is 0 Å². The lowest BCUT2D eigenvalue weighted by Crippen LogP contribution is -2.17. The molecule has 1 aliphatic rings. The molecular formula is C10H6BrNO2S. The molecule has 0 radical (unpaired) electrons. The maximum Gasteiger partial charge on any atom is 0.290 e. The van der Waals surface area contributed by atoms with Crippen molar-refractivity contribution in [3.8, 4) is 0 Å². The van der Waals surface area contributed by atoms with Gasteiger partial charge in [0.25, 0.3) is 11.1 Å². The highest BCUT2D eigenvalue weighted by molar-refractivity contribution is 9.10. The zero-order chi connectivity index (χ0) is 10.8. The Morgan fingerprint density at radius 1 is 1.27 bits per heavy atom. The number of imide groups is 1. The highest BCUT2D eigenvalue weighted by Gasteiger charge is 2.24. The van der Waals surface area contributed by atoms with Gasteiger partial charge in [-0.3, -0.25) is 14.9 Å². The van der Waals surface area contributed by atoms with Crippen LogP contribution in [0.4, 0.5) is 4.79 Å². The third-order valence-electron chi connectivity index (χ3n) is 1.83.